The molecule has 0 aliphatic heterocycles. The van der Waals surface area contributed by atoms with Gasteiger partial charge in [-0.1, -0.05) is 42.5 Å². The average Bonchev–Trinajstić information content (AvgIpc) is 2.72. The van der Waals surface area contributed by atoms with Gasteiger partial charge >= 0.3 is 0 Å². The van der Waals surface area contributed by atoms with Crippen LogP contribution in [-0.4, -0.2) is 36.0 Å². The molecular formula is C22H24N4O2. The number of rotatable bonds is 9. The number of ether oxygens (including phenoxy) is 1. The third kappa shape index (κ3) is 5.37. The fraction of sp³-hybridized carbons (Fsp3) is 0.227. The Balaban J connectivity index is 1.88. The second-order valence-corrected chi connectivity index (χ2v) is 6.36. The molecule has 2 aromatic carbocycles. The molecule has 0 aliphatic rings. The Labute approximate surface area is 165 Å². The van der Waals surface area contributed by atoms with Crippen molar-refractivity contribution in [1.82, 2.24) is 9.97 Å². The van der Waals surface area contributed by atoms with Crippen molar-refractivity contribution in [2.45, 2.75) is 13.3 Å². The van der Waals surface area contributed by atoms with Gasteiger partial charge in [0, 0.05) is 43.1 Å². The minimum Gasteiger partial charge on any atom is -0.385 e. The van der Waals surface area contributed by atoms with E-state index in [9.17, 15) is 4.79 Å². The Morgan fingerprint density at radius 1 is 1.00 bits per heavy atom. The van der Waals surface area contributed by atoms with Gasteiger partial charge in [0.25, 0.3) is 0 Å². The summed E-state index contributed by atoms with van der Waals surface area (Å²) in [6, 6.07) is 19.1. The highest BCUT2D eigenvalue weighted by Gasteiger charge is 2.08. The minimum atomic E-state index is 0.0248. The summed E-state index contributed by atoms with van der Waals surface area (Å²) in [7, 11) is 1.69. The molecule has 1 aromatic heterocycles. The number of nitrogens with zero attached hydrogens (tertiary/aromatic N) is 2. The van der Waals surface area contributed by atoms with Gasteiger partial charge in [-0.15, -0.1) is 0 Å². The number of carbonyl (C=O) groups excluding carboxylic acids is 1. The van der Waals surface area contributed by atoms with E-state index in [0.717, 1.165) is 30.0 Å². The van der Waals surface area contributed by atoms with Crippen LogP contribution in [-0.2, 0) is 4.74 Å². The van der Waals surface area contributed by atoms with Crippen molar-refractivity contribution < 1.29 is 9.53 Å². The van der Waals surface area contributed by atoms with Crippen LogP contribution in [0.3, 0.4) is 0 Å². The van der Waals surface area contributed by atoms with Crippen LogP contribution in [0.25, 0.3) is 11.4 Å². The van der Waals surface area contributed by atoms with E-state index in [0.29, 0.717) is 23.8 Å². The molecule has 0 bridgehead atoms. The van der Waals surface area contributed by atoms with Gasteiger partial charge in [-0.3, -0.25) is 4.79 Å². The molecule has 6 heteroatoms. The Kier molecular flexibility index (Phi) is 6.70. The number of ketones is 1. The van der Waals surface area contributed by atoms with Gasteiger partial charge in [0.1, 0.15) is 11.6 Å². The summed E-state index contributed by atoms with van der Waals surface area (Å²) in [5, 5.41) is 6.60. The SMILES string of the molecule is COCCCNc1cc(Nc2cccc(C(C)=O)c2)nc(-c2ccccc2)n1. The summed E-state index contributed by atoms with van der Waals surface area (Å²) in [5.74, 6) is 2.04. The van der Waals surface area contributed by atoms with E-state index in [1.807, 2.05) is 54.6 Å². The van der Waals surface area contributed by atoms with Crippen molar-refractivity contribution in [3.05, 3.63) is 66.2 Å². The van der Waals surface area contributed by atoms with Crippen molar-refractivity contribution in [3.63, 3.8) is 0 Å². The molecule has 144 valence electrons. The Morgan fingerprint density at radius 2 is 1.79 bits per heavy atom. The molecule has 0 atom stereocenters. The highest BCUT2D eigenvalue weighted by atomic mass is 16.5. The van der Waals surface area contributed by atoms with Crippen LogP contribution in [0.2, 0.25) is 0 Å². The third-order valence-corrected chi connectivity index (χ3v) is 4.13. The monoisotopic (exact) mass is 376 g/mol. The van der Waals surface area contributed by atoms with Gasteiger partial charge in [0.2, 0.25) is 0 Å². The number of carbonyl (C=O) groups is 1. The van der Waals surface area contributed by atoms with Crippen molar-refractivity contribution in [2.75, 3.05) is 30.9 Å². The maximum Gasteiger partial charge on any atom is 0.163 e. The molecule has 0 unspecified atom stereocenters. The summed E-state index contributed by atoms with van der Waals surface area (Å²) < 4.78 is 5.09. The van der Waals surface area contributed by atoms with Crippen LogP contribution in [0.1, 0.15) is 23.7 Å². The van der Waals surface area contributed by atoms with Crippen LogP contribution in [0.15, 0.2) is 60.7 Å². The largest absolute Gasteiger partial charge is 0.385 e. The number of anilines is 3. The fourth-order valence-electron chi connectivity index (χ4n) is 2.71. The number of nitrogens with one attached hydrogen (secondary N) is 2. The van der Waals surface area contributed by atoms with Crippen molar-refractivity contribution in [1.29, 1.82) is 0 Å². The summed E-state index contributed by atoms with van der Waals surface area (Å²) >= 11 is 0. The molecule has 28 heavy (non-hydrogen) atoms. The standard InChI is InChI=1S/C22H24N4O2/c1-16(27)18-10-6-11-19(14-18)24-21-15-20(23-12-7-13-28-2)25-22(26-21)17-8-4-3-5-9-17/h3-6,8-11,14-15H,7,12-13H2,1-2H3,(H2,23,24,25,26). The van der Waals surface area contributed by atoms with Crippen LogP contribution >= 0.6 is 0 Å². The quantitative estimate of drug-likeness (QED) is 0.422. The lowest BCUT2D eigenvalue weighted by Gasteiger charge is -2.12. The Morgan fingerprint density at radius 3 is 2.54 bits per heavy atom. The zero-order valence-corrected chi connectivity index (χ0v) is 16.1. The molecule has 0 saturated carbocycles. The molecule has 0 amide bonds. The first kappa shape index (κ1) is 19.5. The molecule has 6 nitrogen and oxygen atoms in total. The van der Waals surface area contributed by atoms with Gasteiger partial charge in [-0.25, -0.2) is 9.97 Å². The number of benzene rings is 2. The number of aromatic nitrogens is 2. The third-order valence-electron chi connectivity index (χ3n) is 4.13. The van der Waals surface area contributed by atoms with E-state index >= 15 is 0 Å². The number of methoxy groups -OCH3 is 1. The zero-order valence-electron chi connectivity index (χ0n) is 16.1. The lowest BCUT2D eigenvalue weighted by molar-refractivity contribution is 0.101. The summed E-state index contributed by atoms with van der Waals surface area (Å²) in [6.07, 6.45) is 0.880. The minimum absolute atomic E-state index is 0.0248. The molecule has 0 fully saturated rings. The highest BCUT2D eigenvalue weighted by molar-refractivity contribution is 5.95. The lowest BCUT2D eigenvalue weighted by atomic mass is 10.1. The number of hydrogen-bond donors (Lipinski definition) is 2. The average molecular weight is 376 g/mol. The van der Waals surface area contributed by atoms with E-state index in [4.69, 9.17) is 4.74 Å². The van der Waals surface area contributed by atoms with Gasteiger partial charge in [-0.2, -0.15) is 0 Å². The molecule has 2 N–H and O–H groups in total. The molecule has 0 saturated heterocycles. The zero-order chi connectivity index (χ0) is 19.8. The molecule has 3 rings (SSSR count). The first-order valence-corrected chi connectivity index (χ1v) is 9.21. The van der Waals surface area contributed by atoms with Crippen molar-refractivity contribution >= 4 is 23.1 Å². The first-order valence-electron chi connectivity index (χ1n) is 9.21. The fourth-order valence-corrected chi connectivity index (χ4v) is 2.71. The smallest absolute Gasteiger partial charge is 0.163 e. The lowest BCUT2D eigenvalue weighted by Crippen LogP contribution is -2.08. The Hall–Kier alpha value is -3.25. The molecule has 0 spiro atoms. The predicted molar refractivity (Wildman–Crippen MR) is 112 cm³/mol. The molecule has 0 radical (unpaired) electrons. The molecule has 3 aromatic rings. The van der Waals surface area contributed by atoms with Crippen molar-refractivity contribution in [2.24, 2.45) is 0 Å². The van der Waals surface area contributed by atoms with Crippen molar-refractivity contribution in [3.8, 4) is 11.4 Å². The normalized spacial score (nSPS) is 10.5. The van der Waals surface area contributed by atoms with Crippen LogP contribution in [0, 0.1) is 0 Å². The highest BCUT2D eigenvalue weighted by Crippen LogP contribution is 2.23. The van der Waals surface area contributed by atoms with Crippen LogP contribution in [0.5, 0.6) is 0 Å². The van der Waals surface area contributed by atoms with E-state index in [1.54, 1.807) is 20.1 Å². The Bertz CT molecular complexity index is 929. The van der Waals surface area contributed by atoms with Gasteiger partial charge in [-0.05, 0) is 25.5 Å². The van der Waals surface area contributed by atoms with Crippen LogP contribution in [0.4, 0.5) is 17.3 Å². The van der Waals surface area contributed by atoms with E-state index in [1.165, 1.54) is 0 Å². The van der Waals surface area contributed by atoms with Gasteiger partial charge in [0.05, 0.1) is 0 Å². The van der Waals surface area contributed by atoms with Gasteiger partial charge < -0.3 is 15.4 Å². The summed E-state index contributed by atoms with van der Waals surface area (Å²) in [5.41, 5.74) is 2.39. The maximum atomic E-state index is 11.6. The topological polar surface area (TPSA) is 76.1 Å². The second kappa shape index (κ2) is 9.62. The first-order chi connectivity index (χ1) is 13.7. The van der Waals surface area contributed by atoms with Crippen LogP contribution < -0.4 is 10.6 Å². The van der Waals surface area contributed by atoms with Gasteiger partial charge in [0.15, 0.2) is 11.6 Å². The molecule has 1 heterocycles. The maximum absolute atomic E-state index is 11.6. The summed E-state index contributed by atoms with van der Waals surface area (Å²) in [6.45, 7) is 2.99. The number of hydrogen-bond acceptors (Lipinski definition) is 6. The predicted octanol–water partition coefficient (Wildman–Crippen LogP) is 4.54. The number of Topliss-reactive ketones (excluding diaryl/α,β-unsaturated/α-hetero) is 1. The summed E-state index contributed by atoms with van der Waals surface area (Å²) in [4.78, 5) is 20.9. The van der Waals surface area contributed by atoms with E-state index < -0.39 is 0 Å². The van der Waals surface area contributed by atoms with E-state index in [2.05, 4.69) is 20.6 Å². The van der Waals surface area contributed by atoms with E-state index in [-0.39, 0.29) is 5.78 Å². The molecule has 0 aliphatic carbocycles. The second-order valence-electron chi connectivity index (χ2n) is 6.36. The molecular weight excluding hydrogens is 352 g/mol.